The lowest BCUT2D eigenvalue weighted by molar-refractivity contribution is -0.120. The molecular weight excluding hydrogens is 519 g/mol. The highest BCUT2D eigenvalue weighted by atomic mass is 35.5. The Labute approximate surface area is 228 Å². The van der Waals surface area contributed by atoms with Crippen molar-refractivity contribution in [3.63, 3.8) is 0 Å². The van der Waals surface area contributed by atoms with Crippen LogP contribution in [0.5, 0.6) is 5.75 Å². The van der Waals surface area contributed by atoms with Crippen molar-refractivity contribution in [2.24, 2.45) is 0 Å². The second kappa shape index (κ2) is 13.4. The first-order valence-corrected chi connectivity index (χ1v) is 12.8. The standard InChI is InChI=1S/C28H32ClF2N3O2.ClH/c1-18(2)32-27(35)17-21-14-20-15-23(36-13-3-10-34-11-8-22(30)9-12-34)5-7-26(20)33-28(21)19-4-6-25(31)24(29)16-19;/h4-7,14-16,18,22H,3,8-13,17H2,1-2H3,(H,32,35);1H. The number of amides is 1. The van der Waals surface area contributed by atoms with Crippen molar-refractivity contribution in [1.29, 1.82) is 0 Å². The lowest BCUT2D eigenvalue weighted by Gasteiger charge is -2.28. The molecule has 2 aromatic carbocycles. The summed E-state index contributed by atoms with van der Waals surface area (Å²) in [6, 6.07) is 12.1. The number of piperidine rings is 1. The summed E-state index contributed by atoms with van der Waals surface area (Å²) in [6.07, 6.45) is 1.56. The molecule has 4 rings (SSSR count). The average molecular weight is 552 g/mol. The number of carbonyl (C=O) groups is 1. The van der Waals surface area contributed by atoms with Crippen LogP contribution < -0.4 is 10.1 Å². The molecule has 1 N–H and O–H groups in total. The number of halogens is 4. The van der Waals surface area contributed by atoms with Crippen LogP contribution in [0.2, 0.25) is 5.02 Å². The van der Waals surface area contributed by atoms with Gasteiger partial charge in [0.2, 0.25) is 5.91 Å². The topological polar surface area (TPSA) is 54.5 Å². The third-order valence-corrected chi connectivity index (χ3v) is 6.55. The summed E-state index contributed by atoms with van der Waals surface area (Å²) in [5.41, 5.74) is 2.69. The zero-order valence-corrected chi connectivity index (χ0v) is 22.7. The maximum absolute atomic E-state index is 13.8. The summed E-state index contributed by atoms with van der Waals surface area (Å²) in [7, 11) is 0. The third-order valence-electron chi connectivity index (χ3n) is 6.26. The van der Waals surface area contributed by atoms with E-state index in [0.717, 1.165) is 48.3 Å². The van der Waals surface area contributed by atoms with Crippen LogP contribution in [0.15, 0.2) is 42.5 Å². The Balaban J connectivity index is 0.00000380. The molecule has 0 aliphatic carbocycles. The molecule has 2 heterocycles. The van der Waals surface area contributed by atoms with Gasteiger partial charge in [-0.3, -0.25) is 4.79 Å². The van der Waals surface area contributed by atoms with Crippen molar-refractivity contribution in [3.8, 4) is 17.0 Å². The van der Waals surface area contributed by atoms with E-state index in [2.05, 4.69) is 10.2 Å². The Morgan fingerprint density at radius 3 is 2.65 bits per heavy atom. The van der Waals surface area contributed by atoms with Gasteiger partial charge in [-0.05, 0) is 81.1 Å². The van der Waals surface area contributed by atoms with E-state index in [1.807, 2.05) is 38.1 Å². The number of aromatic nitrogens is 1. The first-order valence-electron chi connectivity index (χ1n) is 12.5. The minimum absolute atomic E-state index is 0. The molecule has 1 aliphatic rings. The van der Waals surface area contributed by atoms with E-state index in [0.29, 0.717) is 30.7 Å². The molecule has 0 spiro atoms. The van der Waals surface area contributed by atoms with Crippen molar-refractivity contribution in [3.05, 3.63) is 58.9 Å². The molecule has 0 atom stereocenters. The molecule has 0 radical (unpaired) electrons. The van der Waals surface area contributed by atoms with Gasteiger partial charge in [0.15, 0.2) is 0 Å². The van der Waals surface area contributed by atoms with Crippen molar-refractivity contribution >= 4 is 40.8 Å². The number of carbonyl (C=O) groups excluding carboxylic acids is 1. The van der Waals surface area contributed by atoms with E-state index in [1.54, 1.807) is 6.07 Å². The molecule has 1 aliphatic heterocycles. The van der Waals surface area contributed by atoms with Gasteiger partial charge in [-0.25, -0.2) is 13.8 Å². The van der Waals surface area contributed by atoms with Crippen LogP contribution >= 0.6 is 24.0 Å². The normalized spacial score (nSPS) is 14.5. The average Bonchev–Trinajstić information content (AvgIpc) is 2.83. The number of alkyl halides is 1. The molecule has 1 fully saturated rings. The van der Waals surface area contributed by atoms with Crippen molar-refractivity contribution in [2.45, 2.75) is 51.7 Å². The Morgan fingerprint density at radius 1 is 1.19 bits per heavy atom. The summed E-state index contributed by atoms with van der Waals surface area (Å²) in [4.78, 5) is 19.7. The predicted molar refractivity (Wildman–Crippen MR) is 147 cm³/mol. The predicted octanol–water partition coefficient (Wildman–Crippen LogP) is 6.39. The van der Waals surface area contributed by atoms with Gasteiger partial charge in [0.25, 0.3) is 0 Å². The number of fused-ring (bicyclic) bond motifs is 1. The first kappa shape index (κ1) is 29.1. The molecule has 37 heavy (non-hydrogen) atoms. The number of nitrogens with zero attached hydrogens (tertiary/aromatic N) is 2. The highest BCUT2D eigenvalue weighted by molar-refractivity contribution is 6.31. The minimum atomic E-state index is -0.661. The van der Waals surface area contributed by atoms with Crippen LogP contribution in [0.25, 0.3) is 22.2 Å². The molecule has 200 valence electrons. The Morgan fingerprint density at radius 2 is 1.95 bits per heavy atom. The van der Waals surface area contributed by atoms with E-state index in [4.69, 9.17) is 21.3 Å². The smallest absolute Gasteiger partial charge is 0.224 e. The molecule has 0 bridgehead atoms. The lowest BCUT2D eigenvalue weighted by atomic mass is 10.0. The lowest BCUT2D eigenvalue weighted by Crippen LogP contribution is -2.35. The zero-order chi connectivity index (χ0) is 25.7. The highest BCUT2D eigenvalue weighted by Crippen LogP contribution is 2.30. The van der Waals surface area contributed by atoms with Crippen LogP contribution in [-0.2, 0) is 11.2 Å². The summed E-state index contributed by atoms with van der Waals surface area (Å²) in [5.74, 6) is 0.0979. The SMILES string of the molecule is CC(C)NC(=O)Cc1cc2cc(OCCCN3CCC(F)CC3)ccc2nc1-c1ccc(F)c(Cl)c1.Cl. The number of hydrogen-bond donors (Lipinski definition) is 1. The quantitative estimate of drug-likeness (QED) is 0.313. The molecule has 1 aromatic heterocycles. The van der Waals surface area contributed by atoms with E-state index >= 15 is 0 Å². The molecule has 3 aromatic rings. The monoisotopic (exact) mass is 551 g/mol. The van der Waals surface area contributed by atoms with Crippen LogP contribution in [-0.4, -0.2) is 54.2 Å². The highest BCUT2D eigenvalue weighted by Gasteiger charge is 2.18. The summed E-state index contributed by atoms with van der Waals surface area (Å²) < 4.78 is 33.0. The summed E-state index contributed by atoms with van der Waals surface area (Å²) in [5, 5.41) is 3.76. The van der Waals surface area contributed by atoms with E-state index in [1.165, 1.54) is 12.1 Å². The summed E-state index contributed by atoms with van der Waals surface area (Å²) >= 11 is 6.03. The van der Waals surface area contributed by atoms with E-state index in [-0.39, 0.29) is 35.8 Å². The fourth-order valence-corrected chi connectivity index (χ4v) is 4.65. The van der Waals surface area contributed by atoms with Crippen LogP contribution in [0, 0.1) is 5.82 Å². The number of rotatable bonds is 9. The number of pyridine rings is 1. The Hall–Kier alpha value is -2.48. The molecule has 1 saturated heterocycles. The largest absolute Gasteiger partial charge is 0.494 e. The van der Waals surface area contributed by atoms with E-state index < -0.39 is 12.0 Å². The third kappa shape index (κ3) is 8.00. The fraction of sp³-hybridized carbons (Fsp3) is 0.429. The van der Waals surface area contributed by atoms with Crippen molar-refractivity contribution < 1.29 is 18.3 Å². The zero-order valence-electron chi connectivity index (χ0n) is 21.1. The van der Waals surface area contributed by atoms with Crippen molar-refractivity contribution in [2.75, 3.05) is 26.2 Å². The number of nitrogens with one attached hydrogen (secondary N) is 1. The number of ether oxygens (including phenoxy) is 1. The van der Waals surface area contributed by atoms with Gasteiger partial charge < -0.3 is 15.0 Å². The molecule has 5 nitrogen and oxygen atoms in total. The van der Waals surface area contributed by atoms with Gasteiger partial charge in [-0.2, -0.15) is 0 Å². The molecule has 1 amide bonds. The second-order valence-corrected chi connectivity index (χ2v) is 10.0. The maximum atomic E-state index is 13.8. The van der Waals surface area contributed by atoms with Crippen LogP contribution in [0.4, 0.5) is 8.78 Å². The molecule has 9 heteroatoms. The van der Waals surface area contributed by atoms with E-state index in [9.17, 15) is 13.6 Å². The Bertz CT molecular complexity index is 1220. The van der Waals surface area contributed by atoms with Gasteiger partial charge in [-0.15, -0.1) is 12.4 Å². The fourth-order valence-electron chi connectivity index (χ4n) is 4.47. The van der Waals surface area contributed by atoms with Gasteiger partial charge in [0, 0.05) is 36.6 Å². The molecule has 0 saturated carbocycles. The minimum Gasteiger partial charge on any atom is -0.494 e. The van der Waals surface area contributed by atoms with Crippen LogP contribution in [0.3, 0.4) is 0 Å². The van der Waals surface area contributed by atoms with Crippen molar-refractivity contribution in [1.82, 2.24) is 15.2 Å². The number of likely N-dealkylation sites (tertiary alicyclic amines) is 1. The first-order chi connectivity index (χ1) is 17.3. The maximum Gasteiger partial charge on any atom is 0.224 e. The van der Waals surface area contributed by atoms with Gasteiger partial charge in [-0.1, -0.05) is 11.6 Å². The van der Waals surface area contributed by atoms with Gasteiger partial charge in [0.1, 0.15) is 17.7 Å². The Kier molecular flexibility index (Phi) is 10.5. The summed E-state index contributed by atoms with van der Waals surface area (Å²) in [6.45, 7) is 6.87. The van der Waals surface area contributed by atoms with Crippen LogP contribution in [0.1, 0.15) is 38.7 Å². The number of benzene rings is 2. The van der Waals surface area contributed by atoms with Gasteiger partial charge >= 0.3 is 0 Å². The molecule has 0 unspecified atom stereocenters. The van der Waals surface area contributed by atoms with Gasteiger partial charge in [0.05, 0.1) is 29.3 Å². The number of hydrogen-bond acceptors (Lipinski definition) is 4. The second-order valence-electron chi connectivity index (χ2n) is 9.60. The molecular formula is C28H33Cl2F2N3O2.